The Kier molecular flexibility index (Phi) is 3.85. The topological polar surface area (TPSA) is 61.8 Å². The molecule has 6 heteroatoms. The first-order chi connectivity index (χ1) is 10.6. The first kappa shape index (κ1) is 14.6. The molecule has 22 heavy (non-hydrogen) atoms. The van der Waals surface area contributed by atoms with Gasteiger partial charge in [0.25, 0.3) is 5.91 Å². The highest BCUT2D eigenvalue weighted by atomic mass is 32.2. The van der Waals surface area contributed by atoms with Crippen molar-refractivity contribution in [1.82, 2.24) is 5.01 Å². The van der Waals surface area contributed by atoms with E-state index in [0.29, 0.717) is 0 Å². The van der Waals surface area contributed by atoms with Gasteiger partial charge in [-0.2, -0.15) is 0 Å². The summed E-state index contributed by atoms with van der Waals surface area (Å²) in [6.45, 7) is 1.82. The average Bonchev–Trinajstić information content (AvgIpc) is 2.82. The highest BCUT2D eigenvalue weighted by Crippen LogP contribution is 2.48. The molecule has 1 aliphatic rings. The quantitative estimate of drug-likeness (QED) is 0.877. The Balaban J connectivity index is 1.92. The molecule has 0 saturated carbocycles. The van der Waals surface area contributed by atoms with E-state index >= 15 is 0 Å². The van der Waals surface area contributed by atoms with Crippen molar-refractivity contribution < 1.29 is 4.79 Å². The zero-order chi connectivity index (χ0) is 15.6. The maximum atomic E-state index is 12.8. The molecule has 0 radical (unpaired) electrons. The molecule has 1 N–H and O–H groups in total. The van der Waals surface area contributed by atoms with E-state index in [1.807, 2.05) is 67.6 Å². The van der Waals surface area contributed by atoms with Crippen LogP contribution >= 0.6 is 11.8 Å². The molecule has 5 nitrogen and oxygen atoms in total. The maximum absolute atomic E-state index is 12.8. The van der Waals surface area contributed by atoms with Crippen LogP contribution in [0, 0.1) is 4.91 Å². The van der Waals surface area contributed by atoms with E-state index in [2.05, 4.69) is 10.6 Å². The van der Waals surface area contributed by atoms with E-state index in [4.69, 9.17) is 0 Å². The number of amides is 1. The average molecular weight is 313 g/mol. The number of nitrogens with one attached hydrogen (secondary N) is 1. The molecule has 1 heterocycles. The molecule has 0 aromatic heterocycles. The normalized spacial score (nSPS) is 24.3. The molecule has 2 unspecified atom stereocenters. The highest BCUT2D eigenvalue weighted by molar-refractivity contribution is 8.01. The minimum Gasteiger partial charge on any atom is -0.293 e. The lowest BCUT2D eigenvalue weighted by atomic mass is 9.99. The van der Waals surface area contributed by atoms with Crippen LogP contribution < -0.4 is 5.43 Å². The number of hydrazine groups is 1. The van der Waals surface area contributed by atoms with E-state index < -0.39 is 10.2 Å². The van der Waals surface area contributed by atoms with Gasteiger partial charge in [-0.25, -0.2) is 5.01 Å². The van der Waals surface area contributed by atoms with Gasteiger partial charge in [0, 0.05) is 0 Å². The number of hydrogen-bond donors (Lipinski definition) is 1. The molecule has 1 fully saturated rings. The van der Waals surface area contributed by atoms with Crippen molar-refractivity contribution in [2.75, 3.05) is 5.43 Å². The zero-order valence-electron chi connectivity index (χ0n) is 12.0. The lowest BCUT2D eigenvalue weighted by Crippen LogP contribution is -2.41. The van der Waals surface area contributed by atoms with Crippen LogP contribution in [0.3, 0.4) is 0 Å². The van der Waals surface area contributed by atoms with Gasteiger partial charge < -0.3 is 0 Å². The van der Waals surface area contributed by atoms with E-state index in [-0.39, 0.29) is 5.91 Å². The third kappa shape index (κ3) is 2.46. The summed E-state index contributed by atoms with van der Waals surface area (Å²) in [4.78, 5) is 24.0. The first-order valence-electron chi connectivity index (χ1n) is 6.86. The lowest BCUT2D eigenvalue weighted by molar-refractivity contribution is -0.131. The Bertz CT molecular complexity index is 680. The number of carbonyl (C=O) groups excluding carboxylic acids is 1. The zero-order valence-corrected chi connectivity index (χ0v) is 12.8. The van der Waals surface area contributed by atoms with Crippen molar-refractivity contribution in [1.29, 1.82) is 0 Å². The predicted octanol–water partition coefficient (Wildman–Crippen LogP) is 3.55. The number of anilines is 1. The molecule has 2 aromatic carbocycles. The first-order valence-corrected chi connectivity index (χ1v) is 7.74. The number of thioether (sulfide) groups is 1. The van der Waals surface area contributed by atoms with Crippen LogP contribution in [0.15, 0.2) is 65.8 Å². The Morgan fingerprint density at radius 3 is 2.27 bits per heavy atom. The molecule has 0 bridgehead atoms. The molecule has 112 valence electrons. The molecule has 1 amide bonds. The van der Waals surface area contributed by atoms with Gasteiger partial charge >= 0.3 is 0 Å². The highest BCUT2D eigenvalue weighted by Gasteiger charge is 2.51. The fourth-order valence-electron chi connectivity index (χ4n) is 2.42. The monoisotopic (exact) mass is 313 g/mol. The Labute approximate surface area is 132 Å². The number of rotatable bonds is 4. The summed E-state index contributed by atoms with van der Waals surface area (Å²) < 4.78 is -0.832. The number of carbonyl (C=O) groups is 1. The molecule has 1 aliphatic heterocycles. The minimum absolute atomic E-state index is 0.183. The van der Waals surface area contributed by atoms with Gasteiger partial charge in [0.15, 0.2) is 0 Å². The van der Waals surface area contributed by atoms with Crippen LogP contribution in [0.25, 0.3) is 0 Å². The summed E-state index contributed by atoms with van der Waals surface area (Å²) in [6.07, 6.45) is 0. The number of hydrogen-bond acceptors (Lipinski definition) is 5. The van der Waals surface area contributed by atoms with Gasteiger partial charge in [-0.15, -0.1) is 4.91 Å². The van der Waals surface area contributed by atoms with Crippen LogP contribution in [-0.4, -0.2) is 16.4 Å². The molecule has 1 saturated heterocycles. The van der Waals surface area contributed by atoms with Crippen molar-refractivity contribution >= 4 is 23.4 Å². The third-order valence-corrected chi connectivity index (χ3v) is 5.02. The predicted molar refractivity (Wildman–Crippen MR) is 87.9 cm³/mol. The summed E-state index contributed by atoms with van der Waals surface area (Å²) >= 11 is 1.24. The van der Waals surface area contributed by atoms with Crippen molar-refractivity contribution in [3.8, 4) is 0 Å². The van der Waals surface area contributed by atoms with Crippen LogP contribution in [0.4, 0.5) is 5.69 Å². The fraction of sp³-hybridized carbons (Fsp3) is 0.188. The van der Waals surface area contributed by atoms with Crippen molar-refractivity contribution in [2.45, 2.75) is 17.2 Å². The van der Waals surface area contributed by atoms with Gasteiger partial charge in [-0.05, 0) is 29.8 Å². The van der Waals surface area contributed by atoms with E-state index in [9.17, 15) is 9.70 Å². The van der Waals surface area contributed by atoms with Gasteiger partial charge in [0.1, 0.15) is 4.75 Å². The third-order valence-electron chi connectivity index (χ3n) is 3.63. The smallest absolute Gasteiger partial charge is 0.264 e. The van der Waals surface area contributed by atoms with Crippen molar-refractivity contribution in [3.63, 3.8) is 0 Å². The fourth-order valence-corrected chi connectivity index (χ4v) is 3.61. The summed E-state index contributed by atoms with van der Waals surface area (Å²) in [5.74, 6) is -0.183. The largest absolute Gasteiger partial charge is 0.293 e. The van der Waals surface area contributed by atoms with Crippen LogP contribution in [0.1, 0.15) is 12.5 Å². The number of nitrogens with zero attached hydrogens (tertiary/aromatic N) is 2. The van der Waals surface area contributed by atoms with Crippen LogP contribution in [0.2, 0.25) is 0 Å². The molecule has 3 rings (SSSR count). The van der Waals surface area contributed by atoms with E-state index in [1.54, 1.807) is 0 Å². The Hall–Kier alpha value is -2.34. The number of benzene rings is 2. The second kappa shape index (κ2) is 5.81. The molecular formula is C16H15N3O2S. The second-order valence-electron chi connectivity index (χ2n) is 5.10. The van der Waals surface area contributed by atoms with Crippen molar-refractivity contribution in [2.24, 2.45) is 5.18 Å². The maximum Gasteiger partial charge on any atom is 0.264 e. The van der Waals surface area contributed by atoms with Gasteiger partial charge in [0.2, 0.25) is 5.50 Å². The molecule has 2 aromatic rings. The summed E-state index contributed by atoms with van der Waals surface area (Å²) in [6, 6.07) is 18.7. The Morgan fingerprint density at radius 1 is 1.09 bits per heavy atom. The van der Waals surface area contributed by atoms with Crippen LogP contribution in [0.5, 0.6) is 0 Å². The Morgan fingerprint density at radius 2 is 1.68 bits per heavy atom. The second-order valence-corrected chi connectivity index (χ2v) is 6.58. The lowest BCUT2D eigenvalue weighted by Gasteiger charge is -2.23. The molecule has 0 aliphatic carbocycles. The SMILES string of the molecule is CC1(c2ccccc2)SC(N=O)N(Nc2ccccc2)C1=O. The standard InChI is InChI=1S/C16H15N3O2S/c1-16(12-8-4-2-5-9-12)14(20)19(15(18-21)22-16)17-13-10-6-3-7-11-13/h2-11,15,17H,1H3. The van der Waals surface area contributed by atoms with Gasteiger partial charge in [-0.3, -0.25) is 10.2 Å². The summed E-state index contributed by atoms with van der Waals surface area (Å²) in [5.41, 5.74) is 3.77. The summed E-state index contributed by atoms with van der Waals surface area (Å²) in [7, 11) is 0. The number of nitroso groups, excluding NO2 is 1. The molecular weight excluding hydrogens is 298 g/mol. The van der Waals surface area contributed by atoms with Crippen LogP contribution in [-0.2, 0) is 9.54 Å². The molecule has 2 atom stereocenters. The van der Waals surface area contributed by atoms with E-state index in [1.165, 1.54) is 16.8 Å². The number of para-hydroxylation sites is 1. The van der Waals surface area contributed by atoms with Crippen molar-refractivity contribution in [3.05, 3.63) is 71.1 Å². The summed E-state index contributed by atoms with van der Waals surface area (Å²) in [5, 5.41) is 4.40. The van der Waals surface area contributed by atoms with Gasteiger partial charge in [-0.1, -0.05) is 60.3 Å². The molecule has 0 spiro atoms. The van der Waals surface area contributed by atoms with E-state index in [0.717, 1.165) is 11.3 Å². The minimum atomic E-state index is -0.832. The van der Waals surface area contributed by atoms with Gasteiger partial charge in [0.05, 0.1) is 5.69 Å².